The normalized spacial score (nSPS) is 27.6. The van der Waals surface area contributed by atoms with Crippen molar-refractivity contribution in [2.45, 2.75) is 37.4 Å². The number of carbonyl (C=O) groups excluding carboxylic acids is 1. The van der Waals surface area contributed by atoms with E-state index in [0.717, 1.165) is 48.8 Å². The first kappa shape index (κ1) is 19.1. The molecule has 0 aliphatic carbocycles. The van der Waals surface area contributed by atoms with Crippen LogP contribution in [0.5, 0.6) is 5.75 Å². The summed E-state index contributed by atoms with van der Waals surface area (Å²) in [4.78, 5) is 22.9. The number of benzene rings is 1. The predicted molar refractivity (Wildman–Crippen MR) is 119 cm³/mol. The van der Waals surface area contributed by atoms with E-state index in [1.54, 1.807) is 18.4 Å². The minimum atomic E-state index is -0.343. The summed E-state index contributed by atoms with van der Waals surface area (Å²) >= 11 is 1.65. The van der Waals surface area contributed by atoms with Crippen LogP contribution >= 0.6 is 11.3 Å². The van der Waals surface area contributed by atoms with Crippen molar-refractivity contribution in [2.75, 3.05) is 20.2 Å². The van der Waals surface area contributed by atoms with Crippen molar-refractivity contribution in [3.05, 3.63) is 65.4 Å². The van der Waals surface area contributed by atoms with E-state index in [1.807, 2.05) is 29.8 Å². The van der Waals surface area contributed by atoms with Gasteiger partial charge in [-0.05, 0) is 44.0 Å². The molecule has 160 valence electrons. The zero-order valence-corrected chi connectivity index (χ0v) is 18.4. The highest BCUT2D eigenvalue weighted by atomic mass is 32.1. The molecule has 1 aromatic carbocycles. The van der Waals surface area contributed by atoms with Crippen molar-refractivity contribution in [2.24, 2.45) is 5.92 Å². The number of thiazole rings is 1. The van der Waals surface area contributed by atoms with Gasteiger partial charge in [-0.2, -0.15) is 0 Å². The van der Waals surface area contributed by atoms with Gasteiger partial charge in [0.2, 0.25) is 5.91 Å². The van der Waals surface area contributed by atoms with Crippen LogP contribution in [0.25, 0.3) is 5.13 Å². The van der Waals surface area contributed by atoms with Crippen LogP contribution in [0.3, 0.4) is 0 Å². The van der Waals surface area contributed by atoms with Crippen LogP contribution in [0.1, 0.15) is 36.6 Å². The van der Waals surface area contributed by atoms with Crippen LogP contribution in [-0.4, -0.2) is 51.0 Å². The second kappa shape index (κ2) is 7.21. The maximum Gasteiger partial charge on any atom is 0.243 e. The highest BCUT2D eigenvalue weighted by Crippen LogP contribution is 2.56. The minimum Gasteiger partial charge on any atom is -0.496 e. The van der Waals surface area contributed by atoms with Gasteiger partial charge < -0.3 is 9.64 Å². The molecule has 0 unspecified atom stereocenters. The summed E-state index contributed by atoms with van der Waals surface area (Å²) in [5.74, 6) is 1.52. The SMILES string of the molecule is COc1ccccc1CN1C[C@@H]2C[C@@H](c3cccn3-c3nccs3)N3CCC[C@@]23C1=O. The zero-order valence-electron chi connectivity index (χ0n) is 17.6. The smallest absolute Gasteiger partial charge is 0.243 e. The lowest BCUT2D eigenvalue weighted by molar-refractivity contribution is -0.137. The summed E-state index contributed by atoms with van der Waals surface area (Å²) in [6.45, 7) is 2.43. The molecule has 3 fully saturated rings. The van der Waals surface area contributed by atoms with Gasteiger partial charge in [0.15, 0.2) is 5.13 Å². The quantitative estimate of drug-likeness (QED) is 0.612. The maximum atomic E-state index is 13.8. The molecule has 0 bridgehead atoms. The lowest BCUT2D eigenvalue weighted by atomic mass is 9.85. The van der Waals surface area contributed by atoms with Crippen molar-refractivity contribution in [3.63, 3.8) is 0 Å². The van der Waals surface area contributed by atoms with Gasteiger partial charge in [0.05, 0.1) is 13.2 Å². The average molecular weight is 435 g/mol. The number of aromatic nitrogens is 2. The van der Waals surface area contributed by atoms with Gasteiger partial charge in [0.1, 0.15) is 11.3 Å². The van der Waals surface area contributed by atoms with Crippen molar-refractivity contribution in [3.8, 4) is 10.9 Å². The van der Waals surface area contributed by atoms with Crippen LogP contribution in [-0.2, 0) is 11.3 Å². The number of nitrogens with zero attached hydrogens (tertiary/aromatic N) is 4. The summed E-state index contributed by atoms with van der Waals surface area (Å²) in [5.41, 5.74) is 1.99. The van der Waals surface area contributed by atoms with E-state index in [9.17, 15) is 4.79 Å². The third-order valence-corrected chi connectivity index (χ3v) is 8.20. The molecule has 31 heavy (non-hydrogen) atoms. The Hall–Kier alpha value is -2.64. The molecular weight excluding hydrogens is 408 g/mol. The second-order valence-electron chi connectivity index (χ2n) is 8.78. The number of rotatable bonds is 5. The molecule has 6 rings (SSSR count). The van der Waals surface area contributed by atoms with Crippen molar-refractivity contribution in [1.29, 1.82) is 0 Å². The molecule has 3 aromatic rings. The van der Waals surface area contributed by atoms with Crippen LogP contribution < -0.4 is 4.74 Å². The molecule has 5 heterocycles. The number of ether oxygens (including phenoxy) is 1. The number of para-hydroxylation sites is 1. The van der Waals surface area contributed by atoms with Crippen molar-refractivity contribution >= 4 is 17.2 Å². The lowest BCUT2D eigenvalue weighted by Gasteiger charge is -2.33. The molecule has 3 aliphatic rings. The van der Waals surface area contributed by atoms with Gasteiger partial charge in [0, 0.05) is 48.0 Å². The molecule has 6 nitrogen and oxygen atoms in total. The van der Waals surface area contributed by atoms with E-state index in [1.165, 1.54) is 5.69 Å². The first-order valence-corrected chi connectivity index (χ1v) is 11.9. The molecular formula is C24H26N4O2S. The molecule has 3 saturated heterocycles. The molecule has 1 amide bonds. The number of likely N-dealkylation sites (tertiary alicyclic amines) is 1. The number of amides is 1. The predicted octanol–water partition coefficient (Wildman–Crippen LogP) is 3.88. The Morgan fingerprint density at radius 1 is 1.26 bits per heavy atom. The molecule has 3 aliphatic heterocycles. The number of carbonyl (C=O) groups is 1. The first-order chi connectivity index (χ1) is 15.2. The summed E-state index contributed by atoms with van der Waals surface area (Å²) in [5, 5.41) is 3.01. The fourth-order valence-electron chi connectivity index (χ4n) is 6.21. The summed E-state index contributed by atoms with van der Waals surface area (Å²) < 4.78 is 7.74. The van der Waals surface area contributed by atoms with E-state index < -0.39 is 0 Å². The van der Waals surface area contributed by atoms with Gasteiger partial charge in [-0.3, -0.25) is 14.3 Å². The Balaban J connectivity index is 1.30. The largest absolute Gasteiger partial charge is 0.496 e. The molecule has 0 radical (unpaired) electrons. The van der Waals surface area contributed by atoms with Gasteiger partial charge in [-0.25, -0.2) is 4.98 Å². The van der Waals surface area contributed by atoms with E-state index in [4.69, 9.17) is 4.74 Å². The summed E-state index contributed by atoms with van der Waals surface area (Å²) in [7, 11) is 1.69. The van der Waals surface area contributed by atoms with Crippen molar-refractivity contribution in [1.82, 2.24) is 19.4 Å². The Labute approximate surface area is 186 Å². The monoisotopic (exact) mass is 434 g/mol. The number of hydrogen-bond acceptors (Lipinski definition) is 5. The Bertz CT molecular complexity index is 1110. The standard InChI is InChI=1S/C24H26N4O2S/c1-30-21-8-3-2-6-17(21)15-26-16-18-14-20(28-12-5-9-24(18,28)22(26)29)19-7-4-11-27(19)23-25-10-13-31-23/h2-4,6-8,10-11,13,18,20H,5,9,12,14-16H2,1H3/t18-,20-,24-/m0/s1. The summed E-state index contributed by atoms with van der Waals surface area (Å²) in [6.07, 6.45) is 7.01. The van der Waals surface area contributed by atoms with E-state index in [-0.39, 0.29) is 11.6 Å². The molecule has 0 saturated carbocycles. The van der Waals surface area contributed by atoms with E-state index >= 15 is 0 Å². The molecule has 2 aromatic heterocycles. The van der Waals surface area contributed by atoms with E-state index in [2.05, 4.69) is 43.7 Å². The number of hydrogen-bond donors (Lipinski definition) is 0. The van der Waals surface area contributed by atoms with E-state index in [0.29, 0.717) is 18.4 Å². The lowest BCUT2D eigenvalue weighted by Crippen LogP contribution is -2.49. The van der Waals surface area contributed by atoms with Gasteiger partial charge in [-0.1, -0.05) is 18.2 Å². The highest BCUT2D eigenvalue weighted by Gasteiger charge is 2.65. The Kier molecular flexibility index (Phi) is 4.43. The first-order valence-electron chi connectivity index (χ1n) is 11.0. The summed E-state index contributed by atoms with van der Waals surface area (Å²) in [6, 6.07) is 12.6. The molecule has 0 N–H and O–H groups in total. The fourth-order valence-corrected chi connectivity index (χ4v) is 6.85. The number of methoxy groups -OCH3 is 1. The van der Waals surface area contributed by atoms with Gasteiger partial charge in [-0.15, -0.1) is 11.3 Å². The Morgan fingerprint density at radius 3 is 3.00 bits per heavy atom. The second-order valence-corrected chi connectivity index (χ2v) is 9.66. The molecule has 1 spiro atoms. The Morgan fingerprint density at radius 2 is 2.16 bits per heavy atom. The highest BCUT2D eigenvalue weighted by molar-refractivity contribution is 7.12. The fraction of sp³-hybridized carbons (Fsp3) is 0.417. The average Bonchev–Trinajstić information content (AvgIpc) is 3.58. The molecule has 7 heteroatoms. The molecule has 3 atom stereocenters. The van der Waals surface area contributed by atoms with Crippen LogP contribution in [0.2, 0.25) is 0 Å². The third-order valence-electron chi connectivity index (χ3n) is 7.43. The zero-order chi connectivity index (χ0) is 21.0. The van der Waals surface area contributed by atoms with Crippen LogP contribution in [0.4, 0.5) is 0 Å². The topological polar surface area (TPSA) is 50.6 Å². The third kappa shape index (κ3) is 2.72. The maximum absolute atomic E-state index is 13.8. The minimum absolute atomic E-state index is 0.267. The van der Waals surface area contributed by atoms with Crippen LogP contribution in [0, 0.1) is 5.92 Å². The van der Waals surface area contributed by atoms with Gasteiger partial charge >= 0.3 is 0 Å². The van der Waals surface area contributed by atoms with Gasteiger partial charge in [0.25, 0.3) is 0 Å². The van der Waals surface area contributed by atoms with Crippen molar-refractivity contribution < 1.29 is 9.53 Å². The van der Waals surface area contributed by atoms with Crippen LogP contribution in [0.15, 0.2) is 54.2 Å².